The summed E-state index contributed by atoms with van der Waals surface area (Å²) in [5.74, 6) is 5.09. The maximum absolute atomic E-state index is 11.9. The molecule has 30 nitrogen and oxygen atoms in total. The van der Waals surface area contributed by atoms with Gasteiger partial charge in [-0.3, -0.25) is 9.59 Å². The van der Waals surface area contributed by atoms with Crippen molar-refractivity contribution in [3.05, 3.63) is 120 Å². The molecule has 36 heteroatoms. The second kappa shape index (κ2) is 41.3. The van der Waals surface area contributed by atoms with Crippen molar-refractivity contribution in [1.29, 1.82) is 0 Å². The minimum Gasteiger partial charge on any atom is -0.391 e. The van der Waals surface area contributed by atoms with Crippen LogP contribution in [0.3, 0.4) is 0 Å². The van der Waals surface area contributed by atoms with E-state index in [0.29, 0.717) is 71.0 Å². The van der Waals surface area contributed by atoms with Crippen LogP contribution in [0.15, 0.2) is 120 Å². The van der Waals surface area contributed by atoms with Crippen molar-refractivity contribution < 1.29 is 99.0 Å². The number of carbonyl (C=O) groups excluding carboxylic acids is 4. The van der Waals surface area contributed by atoms with Crippen LogP contribution in [0.25, 0.3) is 0 Å². The molecule has 6 amide bonds. The average molecular weight is 1670 g/mol. The highest BCUT2D eigenvalue weighted by Gasteiger charge is 2.51. The second-order valence-electron chi connectivity index (χ2n) is 31.4. The van der Waals surface area contributed by atoms with Crippen molar-refractivity contribution in [2.75, 3.05) is 105 Å². The molecule has 18 N–H and O–H groups in total. The highest BCUT2D eigenvalue weighted by molar-refractivity contribution is 7.80. The van der Waals surface area contributed by atoms with Crippen molar-refractivity contribution >= 4 is 108 Å². The van der Waals surface area contributed by atoms with Gasteiger partial charge in [-0.25, -0.2) is 9.59 Å². The normalized spacial score (nSPS) is 32.1. The Morgan fingerprint density at radius 3 is 1.23 bits per heavy atom. The van der Waals surface area contributed by atoms with E-state index in [1.54, 1.807) is 26.4 Å². The lowest BCUT2D eigenvalue weighted by atomic mass is 9.99. The van der Waals surface area contributed by atoms with E-state index in [1.165, 1.54) is 33.3 Å². The fourth-order valence-corrected chi connectivity index (χ4v) is 16.4. The summed E-state index contributed by atoms with van der Waals surface area (Å²) in [6.45, 7) is 38.3. The van der Waals surface area contributed by atoms with Crippen LogP contribution in [0, 0.1) is 11.8 Å². The third kappa shape index (κ3) is 27.6. The van der Waals surface area contributed by atoms with Gasteiger partial charge in [-0.1, -0.05) is 45.7 Å². The molecule has 0 aromatic carbocycles. The molecular weight excluding hydrogens is 1550 g/mol. The number of nitrogens with one attached hydrogen (secondary N) is 7. The van der Waals surface area contributed by atoms with E-state index >= 15 is 0 Å². The van der Waals surface area contributed by atoms with Crippen LogP contribution in [-0.2, 0) is 33.3 Å². The van der Waals surface area contributed by atoms with E-state index in [2.05, 4.69) is 180 Å². The number of ether oxygens (including phenoxy) is 5. The van der Waals surface area contributed by atoms with Crippen LogP contribution in [0.1, 0.15) is 46.0 Å². The van der Waals surface area contributed by atoms with Gasteiger partial charge >= 0.3 is 12.1 Å². The maximum atomic E-state index is 11.9. The van der Waals surface area contributed by atoms with E-state index in [9.17, 15) is 70.2 Å². The number of aliphatic hydroxyl groups is 11. The summed E-state index contributed by atoms with van der Waals surface area (Å²) < 4.78 is 28.9. The van der Waals surface area contributed by atoms with Crippen LogP contribution in [-0.4, -0.2) is 359 Å². The van der Waals surface area contributed by atoms with Crippen LogP contribution in [0.2, 0.25) is 0 Å². The molecule has 5 saturated heterocycles. The number of thiocarbonyl (C=S) groups is 1. The Bertz CT molecular complexity index is 3830. The van der Waals surface area contributed by atoms with E-state index in [4.69, 9.17) is 41.0 Å². The predicted molar refractivity (Wildman–Crippen MR) is 454 cm³/mol. The zero-order chi connectivity index (χ0) is 84.0. The maximum Gasteiger partial charge on any atom is 0.325 e. The first-order valence-corrected chi connectivity index (χ1v) is 51.1. The van der Waals surface area contributed by atoms with Gasteiger partial charge in [-0.2, -0.15) is 0 Å². The van der Waals surface area contributed by atoms with Gasteiger partial charge in [-0.05, 0) is 129 Å². The number of aliphatic hydroxyl groups excluding tert-OH is 11. The molecule has 10 aliphatic heterocycles. The van der Waals surface area contributed by atoms with Crippen LogP contribution in [0.4, 0.5) is 9.59 Å². The molecule has 10 rings (SSSR count). The first-order valence-electron chi connectivity index (χ1n) is 36.0. The van der Waals surface area contributed by atoms with Gasteiger partial charge in [0.2, 0.25) is 0 Å². The van der Waals surface area contributed by atoms with E-state index in [1.807, 2.05) is 6.92 Å². The van der Waals surface area contributed by atoms with Crippen molar-refractivity contribution in [2.24, 2.45) is 0 Å². The van der Waals surface area contributed by atoms with E-state index in [0.717, 1.165) is 24.6 Å². The minimum absolute atomic E-state index is 0.130. The Hall–Kier alpha value is -5.54. The molecule has 0 aliphatic carbocycles. The standard InChI is InChI=1S/C17H25N2O4P.C15H25N2O4P.C14H23N2O4P.C14H23N2O3PS.C12H18N2O5.C3H8P/c1-6-7-12-10-19(11(2)18-16(12)22)17-15(21)14(20)13(23-17)8-9-24(3,4)5;1-9-10(8-17(2)15(20)16-9)14-13(19)12(18)11(21-14)6-7-22(3,4)5;1-8-9(7-15-14(19)16-8)13-12(18)11(17)10(20-13)5-6-21(2,3)4;1-8-9(7-15-14(21)16-8)13-12(18)11(17)10(19-13)5-6-20(2,3)4;1-3-8-9(16)10(17)12(19-8)14-4-7(5-15)11(18)13-6(14)2;1-4(2)3/h10,13-15,17,20-21H,2-3,8-9H2,1,4-5H3,(H,18,22);8,11-14,18-19H,1,3,6-7H2,2,4-5H3,(H,16,20);7,10-13,17-18H,1-2,5-6H2,3-4H3,(H2,15,16,19);7,10-13,17-18H,1-2,5-6H2,3-4H3,(H2,15,16,21);4,8-10,12,15-17H,2-3,5H2,1H3,(H,13,18);1H2,2-3H3/q;;;;;+1/t13-,14-,15-,17-;11-,12-,13-,14+;2*10-,11-,12-,13+;8-,9-,10-,12-;/m11111./s1. The number of hydrogen-bond donors (Lipinski definition) is 18. The minimum atomic E-state index is -1.25. The number of amides is 6. The van der Waals surface area contributed by atoms with Gasteiger partial charge in [0.05, 0.1) is 69.9 Å². The first kappa shape index (κ1) is 96.0. The molecule has 0 saturated carbocycles. The van der Waals surface area contributed by atoms with Crippen molar-refractivity contribution in [3.63, 3.8) is 0 Å². The summed E-state index contributed by atoms with van der Waals surface area (Å²) in [5, 5.41) is 130. The Labute approximate surface area is 660 Å². The molecule has 0 spiro atoms. The lowest BCUT2D eigenvalue weighted by Crippen LogP contribution is -2.48. The van der Waals surface area contributed by atoms with Gasteiger partial charge in [0.1, 0.15) is 96.6 Å². The number of nitrogens with zero attached hydrogens (tertiary/aromatic N) is 3. The second-order valence-corrected chi connectivity index (χ2v) is 51.2. The third-order valence-electron chi connectivity index (χ3n) is 18.6. The van der Waals surface area contributed by atoms with E-state index in [-0.39, 0.29) is 54.4 Å². The van der Waals surface area contributed by atoms with E-state index < -0.39 is 156 Å². The lowest BCUT2D eigenvalue weighted by Gasteiger charge is -2.34. The molecule has 0 aromatic rings. The van der Waals surface area contributed by atoms with Gasteiger partial charge in [-0.15, -0.1) is 58.7 Å². The number of hydrogen-bond acceptors (Lipinski definition) is 23. The molecule has 10 aliphatic rings. The zero-order valence-electron chi connectivity index (χ0n) is 66.2. The van der Waals surface area contributed by atoms with Gasteiger partial charge in [0, 0.05) is 71.9 Å². The summed E-state index contributed by atoms with van der Waals surface area (Å²) in [5.41, 5.74) is 3.56. The topological polar surface area (TPSA) is 431 Å². The van der Waals surface area contributed by atoms with Gasteiger partial charge in [0.25, 0.3) is 11.8 Å². The van der Waals surface area contributed by atoms with Crippen molar-refractivity contribution in [3.8, 4) is 11.8 Å². The predicted octanol–water partition coefficient (Wildman–Crippen LogP) is 1.49. The Morgan fingerprint density at radius 1 is 0.495 bits per heavy atom. The molecule has 0 bridgehead atoms. The van der Waals surface area contributed by atoms with Crippen LogP contribution in [0.5, 0.6) is 0 Å². The van der Waals surface area contributed by atoms with Crippen molar-refractivity contribution in [2.45, 2.75) is 168 Å². The average Bonchev–Trinajstić information content (AvgIpc) is 1.71. The third-order valence-corrected chi connectivity index (χ3v) is 24.7. The number of carbonyl (C=O) groups is 4. The SMILES string of the molecule is C=C1NC(=O)C(C#CC)=CN1[C@@H]1O[C@H](CCP(=C)(C)C)[C@@H](O)[C@H]1O.C=C1NC(=O)C(CO)=CN1[C@@H]1O[C@H](CC)[C@@H](O)[C@H]1O.C=C1NC(=O)N(C)C=C1[C@@H]1O[C@H](CCP(=C)(C)C)[C@@H](O)[C@H]1O.C=C1NC(=O)NC=C1[C@@H]1O[C@H](CCP(=C)(C)C)[C@@H](O)[C@H]1O.C=C1NC(=S)NC=C1[C@@H]1O[C@H](CCP(=C)(C)C)[C@@H](O)[C@H]1O.C=[P+](C)C. The Balaban J connectivity index is 0.000000245. The summed E-state index contributed by atoms with van der Waals surface area (Å²) in [6, 6.07) is -0.668. The van der Waals surface area contributed by atoms with Gasteiger partial charge in [0.15, 0.2) is 17.6 Å². The first-order chi connectivity index (χ1) is 51.3. The largest absolute Gasteiger partial charge is 0.391 e. The molecule has 0 aromatic heterocycles. The molecule has 20 atom stereocenters. The molecule has 111 heavy (non-hydrogen) atoms. The summed E-state index contributed by atoms with van der Waals surface area (Å²) in [6.07, 6.45) is 18.6. The Morgan fingerprint density at radius 2 is 0.847 bits per heavy atom. The molecule has 5 fully saturated rings. The molecule has 0 radical (unpaired) electrons. The number of urea groups is 2. The molecule has 0 unspecified atom stereocenters. The van der Waals surface area contributed by atoms with Crippen molar-refractivity contribution in [1.82, 2.24) is 51.9 Å². The zero-order valence-corrected chi connectivity index (χ0v) is 71.4. The molecule has 622 valence electrons. The quantitative estimate of drug-likeness (QED) is 0.0495. The van der Waals surface area contributed by atoms with Crippen LogP contribution < -0.4 is 37.2 Å². The fraction of sp³-hybridized carbons (Fsp3) is 0.573. The fourth-order valence-electron chi connectivity index (χ4n) is 12.4. The summed E-state index contributed by atoms with van der Waals surface area (Å²) >= 11 is 4.99. The lowest BCUT2D eigenvalue weighted by molar-refractivity contribution is -0.120. The van der Waals surface area contributed by atoms with Crippen LogP contribution >= 0.6 is 47.3 Å². The highest BCUT2D eigenvalue weighted by Crippen LogP contribution is 2.44. The molecular formula is C75H122N10O20P5S+. The Kier molecular flexibility index (Phi) is 35.8. The smallest absolute Gasteiger partial charge is 0.325 e. The summed E-state index contributed by atoms with van der Waals surface area (Å²) in [4.78, 5) is 50.3. The molecule has 10 heterocycles. The number of rotatable bonds is 19. The van der Waals surface area contributed by atoms with Gasteiger partial charge < -0.3 is 132 Å². The highest BCUT2D eigenvalue weighted by atomic mass is 32.1. The monoisotopic (exact) mass is 1670 g/mol. The summed E-state index contributed by atoms with van der Waals surface area (Å²) in [7, 11) is 1.73.